The quantitative estimate of drug-likeness (QED) is 0.896. The van der Waals surface area contributed by atoms with E-state index in [0.717, 1.165) is 0 Å². The molecule has 0 saturated heterocycles. The van der Waals surface area contributed by atoms with Gasteiger partial charge < -0.3 is 10.4 Å². The van der Waals surface area contributed by atoms with Crippen LogP contribution < -0.4 is 5.32 Å². The van der Waals surface area contributed by atoms with Crippen LogP contribution in [-0.2, 0) is 0 Å². The topological polar surface area (TPSA) is 88.0 Å². The lowest BCUT2D eigenvalue weighted by atomic mass is 10.3. The predicted octanol–water partition coefficient (Wildman–Crippen LogP) is 2.46. The van der Waals surface area contributed by atoms with Crippen molar-refractivity contribution in [2.75, 3.05) is 5.32 Å². The van der Waals surface area contributed by atoms with Crippen LogP contribution in [0.3, 0.4) is 0 Å². The Kier molecular flexibility index (Phi) is 3.73. The molecular weight excluding hydrogens is 276 g/mol. The number of nitrogens with one attached hydrogen (secondary N) is 1. The van der Waals surface area contributed by atoms with Gasteiger partial charge in [-0.1, -0.05) is 11.6 Å². The largest absolute Gasteiger partial charge is 0.476 e. The number of anilines is 1. The van der Waals surface area contributed by atoms with Gasteiger partial charge in [0.05, 0.1) is 6.04 Å². The fourth-order valence-corrected chi connectivity index (χ4v) is 2.16. The minimum atomic E-state index is -1.03. The molecule has 0 spiro atoms. The first-order valence-corrected chi connectivity index (χ1v) is 6.26. The molecule has 0 bridgehead atoms. The normalized spacial score (nSPS) is 12.1. The van der Waals surface area contributed by atoms with Gasteiger partial charge in [0.1, 0.15) is 10.8 Å². The van der Waals surface area contributed by atoms with Crippen molar-refractivity contribution in [2.45, 2.75) is 13.0 Å². The van der Waals surface area contributed by atoms with Gasteiger partial charge in [0.25, 0.3) is 0 Å². The first kappa shape index (κ1) is 12.7. The summed E-state index contributed by atoms with van der Waals surface area (Å²) in [5.74, 6) is -0.477. The second kappa shape index (κ2) is 5.28. The number of aromatic carboxylic acids is 1. The molecule has 0 fully saturated rings. The van der Waals surface area contributed by atoms with Gasteiger partial charge in [-0.25, -0.2) is 9.78 Å². The minimum absolute atomic E-state index is 0.0471. The van der Waals surface area contributed by atoms with E-state index in [9.17, 15) is 4.79 Å². The highest BCUT2D eigenvalue weighted by molar-refractivity contribution is 7.09. The van der Waals surface area contributed by atoms with E-state index < -0.39 is 5.97 Å². The van der Waals surface area contributed by atoms with E-state index in [1.165, 1.54) is 16.7 Å². The highest BCUT2D eigenvalue weighted by atomic mass is 35.5. The smallest absolute Gasteiger partial charge is 0.355 e. The van der Waals surface area contributed by atoms with Crippen LogP contribution >= 0.6 is 22.9 Å². The molecule has 94 valence electrons. The maximum absolute atomic E-state index is 10.7. The molecule has 2 aromatic heterocycles. The van der Waals surface area contributed by atoms with Gasteiger partial charge >= 0.3 is 5.97 Å². The molecule has 0 radical (unpaired) electrons. The van der Waals surface area contributed by atoms with E-state index >= 15 is 0 Å². The van der Waals surface area contributed by atoms with Crippen molar-refractivity contribution in [3.05, 3.63) is 33.4 Å². The van der Waals surface area contributed by atoms with Crippen molar-refractivity contribution in [1.82, 2.24) is 15.2 Å². The molecule has 0 aromatic carbocycles. The lowest BCUT2D eigenvalue weighted by molar-refractivity contribution is 0.0691. The predicted molar refractivity (Wildman–Crippen MR) is 68.2 cm³/mol. The average molecular weight is 285 g/mol. The number of hydrogen-bond donors (Lipinski definition) is 2. The number of carboxylic acids is 1. The summed E-state index contributed by atoms with van der Waals surface area (Å²) in [6.07, 6.45) is 0. The Morgan fingerprint density at radius 1 is 1.50 bits per heavy atom. The van der Waals surface area contributed by atoms with E-state index in [-0.39, 0.29) is 11.7 Å². The maximum Gasteiger partial charge on any atom is 0.355 e. The van der Waals surface area contributed by atoms with E-state index in [1.807, 2.05) is 6.92 Å². The molecule has 8 heteroatoms. The van der Waals surface area contributed by atoms with Crippen molar-refractivity contribution in [3.8, 4) is 0 Å². The lowest BCUT2D eigenvalue weighted by Crippen LogP contribution is -2.08. The monoisotopic (exact) mass is 284 g/mol. The van der Waals surface area contributed by atoms with Crippen molar-refractivity contribution in [1.29, 1.82) is 0 Å². The summed E-state index contributed by atoms with van der Waals surface area (Å²) in [6.45, 7) is 1.86. The molecule has 0 aliphatic heterocycles. The molecule has 0 amide bonds. The second-order valence-corrected chi connectivity index (χ2v) is 4.76. The second-order valence-electron chi connectivity index (χ2n) is 3.48. The Bertz CT molecular complexity index is 557. The molecule has 2 rings (SSSR count). The van der Waals surface area contributed by atoms with Crippen molar-refractivity contribution < 1.29 is 9.90 Å². The van der Waals surface area contributed by atoms with E-state index in [0.29, 0.717) is 16.0 Å². The van der Waals surface area contributed by atoms with Crippen LogP contribution in [0.2, 0.25) is 5.15 Å². The minimum Gasteiger partial charge on any atom is -0.476 e. The zero-order valence-electron chi connectivity index (χ0n) is 9.29. The number of hydrogen-bond acceptors (Lipinski definition) is 6. The zero-order chi connectivity index (χ0) is 13.1. The van der Waals surface area contributed by atoms with E-state index in [4.69, 9.17) is 16.7 Å². The fourth-order valence-electron chi connectivity index (χ4n) is 1.26. The Labute approximate surface area is 112 Å². The fraction of sp³-hybridized carbons (Fsp3) is 0.200. The summed E-state index contributed by atoms with van der Waals surface area (Å²) < 4.78 is 0. The molecular formula is C10H9ClN4O2S. The Hall–Kier alpha value is -1.73. The van der Waals surface area contributed by atoms with Crippen molar-refractivity contribution >= 4 is 34.7 Å². The average Bonchev–Trinajstić information content (AvgIpc) is 2.81. The zero-order valence-corrected chi connectivity index (χ0v) is 10.9. The Morgan fingerprint density at radius 2 is 2.28 bits per heavy atom. The third-order valence-corrected chi connectivity index (χ3v) is 3.34. The first-order chi connectivity index (χ1) is 8.56. The number of aromatic nitrogens is 3. The van der Waals surface area contributed by atoms with Crippen LogP contribution in [0, 0.1) is 0 Å². The molecule has 2 heterocycles. The number of nitrogens with zero attached hydrogens (tertiary/aromatic N) is 3. The first-order valence-electron chi connectivity index (χ1n) is 5.01. The van der Waals surface area contributed by atoms with Gasteiger partial charge in [-0.15, -0.1) is 21.5 Å². The molecule has 2 N–H and O–H groups in total. The Balaban J connectivity index is 2.09. The number of rotatable bonds is 4. The SMILES string of the molecule is CC(Nc1ccc(Cl)nn1)c1nc(C(=O)O)cs1. The molecule has 6 nitrogen and oxygen atoms in total. The lowest BCUT2D eigenvalue weighted by Gasteiger charge is -2.10. The highest BCUT2D eigenvalue weighted by Crippen LogP contribution is 2.21. The number of thiazole rings is 1. The van der Waals surface area contributed by atoms with Gasteiger partial charge in [-0.05, 0) is 19.1 Å². The van der Waals surface area contributed by atoms with Crippen LogP contribution in [0.15, 0.2) is 17.5 Å². The summed E-state index contributed by atoms with van der Waals surface area (Å²) in [7, 11) is 0. The molecule has 0 saturated carbocycles. The van der Waals surface area contributed by atoms with Crippen LogP contribution in [0.25, 0.3) is 0 Å². The standard InChI is InChI=1S/C10H9ClN4O2S/c1-5(9-13-6(4-18-9)10(16)17)12-8-3-2-7(11)14-15-8/h2-5H,1H3,(H,12,15)(H,16,17). The van der Waals surface area contributed by atoms with Gasteiger partial charge in [0.2, 0.25) is 0 Å². The van der Waals surface area contributed by atoms with Crippen LogP contribution in [0.5, 0.6) is 0 Å². The van der Waals surface area contributed by atoms with E-state index in [2.05, 4.69) is 20.5 Å². The number of carbonyl (C=O) groups is 1. The van der Waals surface area contributed by atoms with Crippen molar-refractivity contribution in [3.63, 3.8) is 0 Å². The van der Waals surface area contributed by atoms with Crippen LogP contribution in [0.4, 0.5) is 5.82 Å². The summed E-state index contributed by atoms with van der Waals surface area (Å²) in [5.41, 5.74) is 0.0471. The summed E-state index contributed by atoms with van der Waals surface area (Å²) in [4.78, 5) is 14.7. The van der Waals surface area contributed by atoms with Crippen LogP contribution in [-0.4, -0.2) is 26.3 Å². The number of carboxylic acid groups (broad SMARTS) is 1. The molecule has 2 aromatic rings. The molecule has 1 unspecified atom stereocenters. The van der Waals surface area contributed by atoms with Gasteiger partial charge in [-0.3, -0.25) is 0 Å². The molecule has 1 atom stereocenters. The molecule has 18 heavy (non-hydrogen) atoms. The third kappa shape index (κ3) is 2.93. The highest BCUT2D eigenvalue weighted by Gasteiger charge is 2.14. The third-order valence-electron chi connectivity index (χ3n) is 2.11. The Morgan fingerprint density at radius 3 is 2.83 bits per heavy atom. The number of halogens is 1. The molecule has 0 aliphatic rings. The summed E-state index contributed by atoms with van der Waals surface area (Å²) >= 11 is 6.91. The van der Waals surface area contributed by atoms with Gasteiger partial charge in [0, 0.05) is 5.38 Å². The molecule has 0 aliphatic carbocycles. The van der Waals surface area contributed by atoms with Gasteiger partial charge in [0.15, 0.2) is 10.8 Å². The summed E-state index contributed by atoms with van der Waals surface area (Å²) in [6, 6.07) is 3.16. The summed E-state index contributed by atoms with van der Waals surface area (Å²) in [5, 5.41) is 21.9. The van der Waals surface area contributed by atoms with Crippen molar-refractivity contribution in [2.24, 2.45) is 0 Å². The van der Waals surface area contributed by atoms with Gasteiger partial charge in [-0.2, -0.15) is 0 Å². The maximum atomic E-state index is 10.7. The van der Waals surface area contributed by atoms with Crippen LogP contribution in [0.1, 0.15) is 28.5 Å². The van der Waals surface area contributed by atoms with E-state index in [1.54, 1.807) is 12.1 Å².